The average molecular weight is 215 g/mol. The highest BCUT2D eigenvalue weighted by Gasteiger charge is 2.22. The minimum Gasteiger partial charge on any atom is -0.328 e. The zero-order valence-electron chi connectivity index (χ0n) is 8.28. The Morgan fingerprint density at radius 3 is 3.21 bits per heavy atom. The molecule has 0 bridgehead atoms. The third kappa shape index (κ3) is 2.07. The van der Waals surface area contributed by atoms with Gasteiger partial charge in [0.15, 0.2) is 0 Å². The van der Waals surface area contributed by atoms with Crippen molar-refractivity contribution < 1.29 is 0 Å². The third-order valence-electron chi connectivity index (χ3n) is 2.65. The van der Waals surface area contributed by atoms with Crippen molar-refractivity contribution in [3.8, 4) is 0 Å². The highest BCUT2D eigenvalue weighted by atomic mass is 35.5. The summed E-state index contributed by atoms with van der Waals surface area (Å²) in [5.41, 5.74) is 5.78. The van der Waals surface area contributed by atoms with Crippen LogP contribution in [0.5, 0.6) is 0 Å². The van der Waals surface area contributed by atoms with Crippen LogP contribution >= 0.6 is 11.6 Å². The van der Waals surface area contributed by atoms with Crippen LogP contribution in [0.1, 0.15) is 25.6 Å². The van der Waals surface area contributed by atoms with Gasteiger partial charge in [-0.2, -0.15) is 0 Å². The largest absolute Gasteiger partial charge is 0.328 e. The first-order valence-corrected chi connectivity index (χ1v) is 5.37. The fraction of sp³-hybridized carbons (Fsp3) is 0.778. The molecule has 0 radical (unpaired) electrons. The second kappa shape index (κ2) is 3.87. The summed E-state index contributed by atoms with van der Waals surface area (Å²) in [6.45, 7) is 2.97. The molecule has 0 spiro atoms. The van der Waals surface area contributed by atoms with E-state index in [1.54, 1.807) is 0 Å². The Bertz CT molecular complexity index is 321. The lowest BCUT2D eigenvalue weighted by molar-refractivity contribution is 0.329. The van der Waals surface area contributed by atoms with Gasteiger partial charge in [0.25, 0.3) is 0 Å². The lowest BCUT2D eigenvalue weighted by atomic mass is 9.92. The monoisotopic (exact) mass is 214 g/mol. The van der Waals surface area contributed by atoms with Gasteiger partial charge in [-0.3, -0.25) is 0 Å². The Balaban J connectivity index is 2.05. The van der Waals surface area contributed by atoms with Crippen LogP contribution in [0.2, 0.25) is 5.28 Å². The van der Waals surface area contributed by atoms with Crippen LogP contribution in [0.4, 0.5) is 0 Å². The summed E-state index contributed by atoms with van der Waals surface area (Å²) in [5, 5.41) is 4.47. The van der Waals surface area contributed by atoms with Gasteiger partial charge in [0.2, 0.25) is 5.28 Å². The molecule has 14 heavy (non-hydrogen) atoms. The van der Waals surface area contributed by atoms with Crippen molar-refractivity contribution in [3.63, 3.8) is 0 Å². The van der Waals surface area contributed by atoms with E-state index in [-0.39, 0.29) is 6.04 Å². The van der Waals surface area contributed by atoms with Gasteiger partial charge in [-0.15, -0.1) is 5.10 Å². The van der Waals surface area contributed by atoms with Gasteiger partial charge in [0.05, 0.1) is 0 Å². The summed E-state index contributed by atoms with van der Waals surface area (Å²) >= 11 is 5.74. The van der Waals surface area contributed by atoms with Crippen molar-refractivity contribution in [3.05, 3.63) is 11.1 Å². The second-order valence-electron chi connectivity index (χ2n) is 4.09. The minimum atomic E-state index is 0.268. The third-order valence-corrected chi connectivity index (χ3v) is 2.81. The van der Waals surface area contributed by atoms with Crippen molar-refractivity contribution in [2.45, 2.75) is 38.8 Å². The summed E-state index contributed by atoms with van der Waals surface area (Å²) in [4.78, 5) is 4.19. The number of nitrogens with zero attached hydrogens (tertiary/aromatic N) is 3. The van der Waals surface area contributed by atoms with Crippen molar-refractivity contribution >= 4 is 11.6 Å². The van der Waals surface area contributed by atoms with Gasteiger partial charge >= 0.3 is 0 Å². The van der Waals surface area contributed by atoms with Crippen molar-refractivity contribution in [2.75, 3.05) is 0 Å². The molecule has 0 aromatic carbocycles. The van der Waals surface area contributed by atoms with E-state index in [9.17, 15) is 0 Å². The van der Waals surface area contributed by atoms with Crippen LogP contribution in [-0.4, -0.2) is 20.8 Å². The molecule has 1 aromatic heterocycles. The molecule has 5 heteroatoms. The molecule has 2 heterocycles. The van der Waals surface area contributed by atoms with E-state index in [2.05, 4.69) is 10.1 Å². The summed E-state index contributed by atoms with van der Waals surface area (Å²) < 4.78 is 1.90. The molecule has 0 saturated carbocycles. The van der Waals surface area contributed by atoms with E-state index < -0.39 is 0 Å². The maximum Gasteiger partial charge on any atom is 0.242 e. The molecule has 2 atom stereocenters. The van der Waals surface area contributed by atoms with Crippen LogP contribution in [0.25, 0.3) is 0 Å². The highest BCUT2D eigenvalue weighted by molar-refractivity contribution is 6.28. The fourth-order valence-corrected chi connectivity index (χ4v) is 2.25. The first-order valence-electron chi connectivity index (χ1n) is 5.00. The molecule has 0 fully saturated rings. The maximum atomic E-state index is 5.78. The predicted octanol–water partition coefficient (Wildman–Crippen LogP) is 1.23. The molecular weight excluding hydrogens is 200 g/mol. The number of rotatable bonds is 2. The summed E-state index contributed by atoms with van der Waals surface area (Å²) in [7, 11) is 0. The summed E-state index contributed by atoms with van der Waals surface area (Å²) in [6, 6.07) is 0.268. The molecule has 2 rings (SSSR count). The van der Waals surface area contributed by atoms with E-state index in [0.29, 0.717) is 11.2 Å². The van der Waals surface area contributed by atoms with Gasteiger partial charge < -0.3 is 5.73 Å². The first kappa shape index (κ1) is 9.93. The van der Waals surface area contributed by atoms with E-state index in [1.807, 2.05) is 11.6 Å². The predicted molar refractivity (Wildman–Crippen MR) is 55.1 cm³/mol. The zero-order valence-corrected chi connectivity index (χ0v) is 9.04. The second-order valence-corrected chi connectivity index (χ2v) is 4.43. The molecule has 4 nitrogen and oxygen atoms in total. The zero-order chi connectivity index (χ0) is 10.1. The molecule has 0 saturated heterocycles. The molecular formula is C9H15ClN4. The van der Waals surface area contributed by atoms with E-state index >= 15 is 0 Å². The number of hydrogen-bond acceptors (Lipinski definition) is 3. The normalized spacial score (nSPS) is 23.2. The Labute approximate surface area is 88.5 Å². The van der Waals surface area contributed by atoms with Gasteiger partial charge in [0, 0.05) is 19.0 Å². The molecule has 1 aliphatic heterocycles. The Hall–Kier alpha value is -0.610. The minimum absolute atomic E-state index is 0.268. The molecule has 2 N–H and O–H groups in total. The molecule has 2 unspecified atom stereocenters. The quantitative estimate of drug-likeness (QED) is 0.806. The topological polar surface area (TPSA) is 56.7 Å². The molecule has 1 aromatic rings. The molecule has 78 valence electrons. The van der Waals surface area contributed by atoms with Crippen molar-refractivity contribution in [2.24, 2.45) is 11.7 Å². The summed E-state index contributed by atoms with van der Waals surface area (Å²) in [5.74, 6) is 1.65. The average Bonchev–Trinajstić information content (AvgIpc) is 2.42. The maximum absolute atomic E-state index is 5.78. The number of fused-ring (bicyclic) bond motifs is 1. The number of halogens is 1. The van der Waals surface area contributed by atoms with E-state index in [1.165, 1.54) is 0 Å². The molecule has 0 aliphatic carbocycles. The van der Waals surface area contributed by atoms with Crippen molar-refractivity contribution in [1.29, 1.82) is 0 Å². The van der Waals surface area contributed by atoms with Crippen molar-refractivity contribution in [1.82, 2.24) is 14.8 Å². The Morgan fingerprint density at radius 1 is 1.71 bits per heavy atom. The number of nitrogens with two attached hydrogens (primary N) is 1. The number of aromatic nitrogens is 3. The van der Waals surface area contributed by atoms with Gasteiger partial charge in [0.1, 0.15) is 5.82 Å². The van der Waals surface area contributed by atoms with Crippen LogP contribution in [0.3, 0.4) is 0 Å². The Kier molecular flexibility index (Phi) is 2.74. The lowest BCUT2D eigenvalue weighted by Crippen LogP contribution is -2.26. The SMILES string of the molecule is CC(N)CC1CCn2nc(Cl)nc2C1. The van der Waals surface area contributed by atoms with Gasteiger partial charge in [-0.1, -0.05) is 0 Å². The number of aryl methyl sites for hydroxylation is 1. The van der Waals surface area contributed by atoms with E-state index in [0.717, 1.165) is 31.6 Å². The highest BCUT2D eigenvalue weighted by Crippen LogP contribution is 2.23. The molecule has 1 aliphatic rings. The Morgan fingerprint density at radius 2 is 2.50 bits per heavy atom. The van der Waals surface area contributed by atoms with Crippen LogP contribution < -0.4 is 5.73 Å². The fourth-order valence-electron chi connectivity index (χ4n) is 2.07. The van der Waals surface area contributed by atoms with Crippen LogP contribution in [0.15, 0.2) is 0 Å². The summed E-state index contributed by atoms with van der Waals surface area (Å²) in [6.07, 6.45) is 3.15. The van der Waals surface area contributed by atoms with Gasteiger partial charge in [-0.25, -0.2) is 9.67 Å². The smallest absolute Gasteiger partial charge is 0.242 e. The van der Waals surface area contributed by atoms with Crippen LogP contribution in [-0.2, 0) is 13.0 Å². The first-order chi connectivity index (χ1) is 6.65. The van der Waals surface area contributed by atoms with Crippen LogP contribution in [0, 0.1) is 5.92 Å². The standard InChI is InChI=1S/C9H15ClN4/c1-6(11)4-7-2-3-14-8(5-7)12-9(10)13-14/h6-7H,2-5,11H2,1H3. The van der Waals surface area contributed by atoms with E-state index in [4.69, 9.17) is 17.3 Å². The lowest BCUT2D eigenvalue weighted by Gasteiger charge is -2.23. The number of hydrogen-bond donors (Lipinski definition) is 1. The van der Waals surface area contributed by atoms with Gasteiger partial charge in [-0.05, 0) is 37.3 Å². The molecule has 0 amide bonds.